The number of aromatic nitrogens is 2. The Kier molecular flexibility index (Phi) is 4.75. The molecule has 1 atom stereocenters. The maximum absolute atomic E-state index is 11.9. The van der Waals surface area contributed by atoms with Crippen molar-refractivity contribution in [3.8, 4) is 0 Å². The zero-order valence-electron chi connectivity index (χ0n) is 11.0. The molecule has 1 amide bonds. The lowest BCUT2D eigenvalue weighted by molar-refractivity contribution is -0.123. The average molecular weight is 250 g/mol. The van der Waals surface area contributed by atoms with Crippen LogP contribution in [0, 0.1) is 6.92 Å². The number of carbonyl (C=O) groups excluding carboxylic acids is 1. The molecule has 0 bridgehead atoms. The summed E-state index contributed by atoms with van der Waals surface area (Å²) in [6, 6.07) is -0.00754. The third-order valence-corrected chi connectivity index (χ3v) is 3.28. The molecular formula is C13H22N4O. The Labute approximate surface area is 108 Å². The number of nitrogens with zero attached hydrogens (tertiary/aromatic N) is 2. The van der Waals surface area contributed by atoms with Gasteiger partial charge in [-0.25, -0.2) is 0 Å². The van der Waals surface area contributed by atoms with Crippen LogP contribution in [0.25, 0.3) is 0 Å². The number of hydrogen-bond acceptors (Lipinski definition) is 3. The molecule has 1 saturated heterocycles. The quantitative estimate of drug-likeness (QED) is 0.832. The molecule has 0 saturated carbocycles. The highest BCUT2D eigenvalue weighted by molar-refractivity contribution is 5.81. The standard InChI is InChI=1S/C13H22N4O/c1-11-9-16-17(10-11)8-7-15-13(18)12-5-3-2-4-6-14-12/h9-10,12,14H,2-8H2,1H3,(H,15,18). The summed E-state index contributed by atoms with van der Waals surface area (Å²) >= 11 is 0. The van der Waals surface area contributed by atoms with Crippen molar-refractivity contribution in [2.24, 2.45) is 0 Å². The molecule has 1 aromatic heterocycles. The molecule has 2 heterocycles. The zero-order chi connectivity index (χ0) is 12.8. The maximum atomic E-state index is 11.9. The minimum atomic E-state index is -0.00754. The van der Waals surface area contributed by atoms with E-state index >= 15 is 0 Å². The number of rotatable bonds is 4. The second-order valence-electron chi connectivity index (χ2n) is 4.93. The van der Waals surface area contributed by atoms with E-state index in [0.29, 0.717) is 6.54 Å². The number of hydrogen-bond donors (Lipinski definition) is 2. The lowest BCUT2D eigenvalue weighted by Crippen LogP contribution is -2.44. The van der Waals surface area contributed by atoms with Crippen LogP contribution >= 0.6 is 0 Å². The first-order valence-electron chi connectivity index (χ1n) is 6.76. The van der Waals surface area contributed by atoms with Crippen molar-refractivity contribution in [3.63, 3.8) is 0 Å². The fourth-order valence-electron chi connectivity index (χ4n) is 2.26. The van der Waals surface area contributed by atoms with Crippen molar-refractivity contribution in [1.82, 2.24) is 20.4 Å². The van der Waals surface area contributed by atoms with Gasteiger partial charge in [0, 0.05) is 12.7 Å². The van der Waals surface area contributed by atoms with E-state index in [-0.39, 0.29) is 11.9 Å². The predicted octanol–water partition coefficient (Wildman–Crippen LogP) is 0.840. The van der Waals surface area contributed by atoms with Gasteiger partial charge in [-0.3, -0.25) is 9.48 Å². The summed E-state index contributed by atoms with van der Waals surface area (Å²) in [7, 11) is 0. The van der Waals surface area contributed by atoms with Crippen molar-refractivity contribution < 1.29 is 4.79 Å². The second kappa shape index (κ2) is 6.54. The number of aryl methyl sites for hydroxylation is 1. The highest BCUT2D eigenvalue weighted by atomic mass is 16.2. The van der Waals surface area contributed by atoms with Gasteiger partial charge in [0.2, 0.25) is 5.91 Å². The fourth-order valence-corrected chi connectivity index (χ4v) is 2.26. The van der Waals surface area contributed by atoms with Crippen LogP contribution in [0.2, 0.25) is 0 Å². The van der Waals surface area contributed by atoms with Crippen molar-refractivity contribution in [2.45, 2.75) is 45.2 Å². The Morgan fingerprint density at radius 3 is 3.22 bits per heavy atom. The van der Waals surface area contributed by atoms with Gasteiger partial charge < -0.3 is 10.6 Å². The van der Waals surface area contributed by atoms with E-state index < -0.39 is 0 Å². The van der Waals surface area contributed by atoms with Gasteiger partial charge in [-0.05, 0) is 31.9 Å². The summed E-state index contributed by atoms with van der Waals surface area (Å²) in [5, 5.41) is 10.5. The third-order valence-electron chi connectivity index (χ3n) is 3.28. The topological polar surface area (TPSA) is 59.0 Å². The zero-order valence-corrected chi connectivity index (χ0v) is 11.0. The SMILES string of the molecule is Cc1cnn(CCNC(=O)C2CCCCCN2)c1. The van der Waals surface area contributed by atoms with Crippen molar-refractivity contribution in [3.05, 3.63) is 18.0 Å². The van der Waals surface area contributed by atoms with Crippen molar-refractivity contribution in [2.75, 3.05) is 13.1 Å². The van der Waals surface area contributed by atoms with Crippen LogP contribution in [0.15, 0.2) is 12.4 Å². The smallest absolute Gasteiger partial charge is 0.237 e. The van der Waals surface area contributed by atoms with Crippen molar-refractivity contribution >= 4 is 5.91 Å². The van der Waals surface area contributed by atoms with Crippen LogP contribution in [0.3, 0.4) is 0 Å². The molecule has 2 rings (SSSR count). The van der Waals surface area contributed by atoms with Gasteiger partial charge in [0.25, 0.3) is 0 Å². The van der Waals surface area contributed by atoms with Gasteiger partial charge >= 0.3 is 0 Å². The van der Waals surface area contributed by atoms with E-state index in [1.165, 1.54) is 12.8 Å². The molecule has 5 nitrogen and oxygen atoms in total. The van der Waals surface area contributed by atoms with E-state index in [2.05, 4.69) is 15.7 Å². The molecule has 1 aliphatic heterocycles. The van der Waals surface area contributed by atoms with E-state index in [1.807, 2.05) is 24.0 Å². The molecule has 1 fully saturated rings. The first-order valence-corrected chi connectivity index (χ1v) is 6.76. The van der Waals surface area contributed by atoms with Gasteiger partial charge in [-0.1, -0.05) is 12.8 Å². The molecule has 1 aliphatic rings. The number of nitrogens with one attached hydrogen (secondary N) is 2. The summed E-state index contributed by atoms with van der Waals surface area (Å²) in [6.07, 6.45) is 8.31. The highest BCUT2D eigenvalue weighted by Gasteiger charge is 2.18. The van der Waals surface area contributed by atoms with Crippen LogP contribution in [0.4, 0.5) is 0 Å². The average Bonchev–Trinajstić information content (AvgIpc) is 2.63. The molecule has 1 aromatic rings. The van der Waals surface area contributed by atoms with Crippen LogP contribution in [-0.4, -0.2) is 34.8 Å². The third kappa shape index (κ3) is 3.84. The number of carbonyl (C=O) groups is 1. The Morgan fingerprint density at radius 2 is 2.44 bits per heavy atom. The largest absolute Gasteiger partial charge is 0.353 e. The monoisotopic (exact) mass is 250 g/mol. The molecule has 0 radical (unpaired) electrons. The minimum absolute atomic E-state index is 0.00754. The summed E-state index contributed by atoms with van der Waals surface area (Å²) in [6.45, 7) is 4.33. The van der Waals surface area contributed by atoms with E-state index in [0.717, 1.165) is 31.5 Å². The second-order valence-corrected chi connectivity index (χ2v) is 4.93. The van der Waals surface area contributed by atoms with Crippen LogP contribution < -0.4 is 10.6 Å². The summed E-state index contributed by atoms with van der Waals surface area (Å²) in [5.74, 6) is 0.126. The lowest BCUT2D eigenvalue weighted by atomic mass is 10.1. The molecular weight excluding hydrogens is 228 g/mol. The number of amides is 1. The van der Waals surface area contributed by atoms with Gasteiger partial charge in [-0.2, -0.15) is 5.10 Å². The molecule has 1 unspecified atom stereocenters. The Hall–Kier alpha value is -1.36. The van der Waals surface area contributed by atoms with Crippen LogP contribution in [0.5, 0.6) is 0 Å². The maximum Gasteiger partial charge on any atom is 0.237 e. The van der Waals surface area contributed by atoms with Gasteiger partial charge in [0.1, 0.15) is 0 Å². The van der Waals surface area contributed by atoms with Crippen LogP contribution in [-0.2, 0) is 11.3 Å². The molecule has 5 heteroatoms. The van der Waals surface area contributed by atoms with Crippen molar-refractivity contribution in [1.29, 1.82) is 0 Å². The highest BCUT2D eigenvalue weighted by Crippen LogP contribution is 2.08. The Bertz CT molecular complexity index is 380. The first-order chi connectivity index (χ1) is 8.75. The van der Waals surface area contributed by atoms with E-state index in [1.54, 1.807) is 0 Å². The summed E-state index contributed by atoms with van der Waals surface area (Å²) in [5.41, 5.74) is 1.15. The first kappa shape index (κ1) is 13.1. The molecule has 0 aromatic carbocycles. The Morgan fingerprint density at radius 1 is 1.56 bits per heavy atom. The predicted molar refractivity (Wildman–Crippen MR) is 70.2 cm³/mol. The lowest BCUT2D eigenvalue weighted by Gasteiger charge is -2.15. The van der Waals surface area contributed by atoms with E-state index in [9.17, 15) is 4.79 Å². The van der Waals surface area contributed by atoms with Gasteiger partial charge in [0.15, 0.2) is 0 Å². The van der Waals surface area contributed by atoms with Gasteiger partial charge in [0.05, 0.1) is 18.8 Å². The minimum Gasteiger partial charge on any atom is -0.353 e. The van der Waals surface area contributed by atoms with Crippen LogP contribution in [0.1, 0.15) is 31.2 Å². The molecule has 18 heavy (non-hydrogen) atoms. The fraction of sp³-hybridized carbons (Fsp3) is 0.692. The summed E-state index contributed by atoms with van der Waals surface area (Å²) < 4.78 is 1.86. The van der Waals surface area contributed by atoms with Gasteiger partial charge in [-0.15, -0.1) is 0 Å². The molecule has 100 valence electrons. The normalized spacial score (nSPS) is 20.4. The van der Waals surface area contributed by atoms with E-state index in [4.69, 9.17) is 0 Å². The molecule has 0 spiro atoms. The Balaban J connectivity index is 1.70. The summed E-state index contributed by atoms with van der Waals surface area (Å²) in [4.78, 5) is 11.9. The molecule has 0 aliphatic carbocycles. The molecule has 2 N–H and O–H groups in total.